The number of anilines is 1. The van der Waals surface area contributed by atoms with Crippen molar-refractivity contribution in [2.45, 2.75) is 38.8 Å². The third kappa shape index (κ3) is 3.32. The van der Waals surface area contributed by atoms with Crippen LogP contribution in [0.25, 0.3) is 0 Å². The van der Waals surface area contributed by atoms with Gasteiger partial charge in [-0.15, -0.1) is 0 Å². The molecule has 2 heterocycles. The van der Waals surface area contributed by atoms with E-state index in [-0.39, 0.29) is 18.1 Å². The first kappa shape index (κ1) is 12.6. The lowest BCUT2D eigenvalue weighted by atomic mass is 10.1. The van der Waals surface area contributed by atoms with Gasteiger partial charge in [-0.25, -0.2) is 9.97 Å². The van der Waals surface area contributed by atoms with Gasteiger partial charge in [0.25, 0.3) is 0 Å². The molecule has 1 aliphatic heterocycles. The van der Waals surface area contributed by atoms with Crippen molar-refractivity contribution in [1.82, 2.24) is 15.3 Å². The van der Waals surface area contributed by atoms with Gasteiger partial charge in [-0.1, -0.05) is 0 Å². The zero-order valence-electron chi connectivity index (χ0n) is 10.6. The maximum Gasteiger partial charge on any atom is 0.242 e. The molecule has 1 amide bonds. The summed E-state index contributed by atoms with van der Waals surface area (Å²) in [7, 11) is 0. The molecule has 0 bridgehead atoms. The molecule has 1 fully saturated rings. The maximum absolute atomic E-state index is 11.6. The summed E-state index contributed by atoms with van der Waals surface area (Å²) < 4.78 is 5.48. The number of amides is 1. The number of piperidine rings is 1. The lowest BCUT2D eigenvalue weighted by Crippen LogP contribution is -2.44. The van der Waals surface area contributed by atoms with E-state index in [0.29, 0.717) is 11.7 Å². The maximum atomic E-state index is 11.6. The van der Waals surface area contributed by atoms with E-state index in [1.54, 1.807) is 6.07 Å². The first-order chi connectivity index (χ1) is 8.65. The minimum atomic E-state index is -0.222. The zero-order chi connectivity index (χ0) is 13.0. The smallest absolute Gasteiger partial charge is 0.242 e. The summed E-state index contributed by atoms with van der Waals surface area (Å²) in [6, 6.07) is 1.49. The Kier molecular flexibility index (Phi) is 3.96. The summed E-state index contributed by atoms with van der Waals surface area (Å²) in [5.74, 6) is 1.15. The lowest BCUT2D eigenvalue weighted by molar-refractivity contribution is -0.123. The highest BCUT2D eigenvalue weighted by atomic mass is 16.5. The minimum absolute atomic E-state index is 0.0196. The van der Waals surface area contributed by atoms with Crippen molar-refractivity contribution >= 4 is 11.7 Å². The molecule has 98 valence electrons. The number of hydrogen-bond donors (Lipinski definition) is 2. The number of aromatic nitrogens is 2. The minimum Gasteiger partial charge on any atom is -0.475 e. The van der Waals surface area contributed by atoms with Crippen LogP contribution in [-0.4, -0.2) is 34.6 Å². The van der Waals surface area contributed by atoms with Crippen molar-refractivity contribution in [2.24, 2.45) is 0 Å². The van der Waals surface area contributed by atoms with Gasteiger partial charge in [-0.3, -0.25) is 4.79 Å². The molecular formula is C12H18N4O2. The molecule has 0 spiro atoms. The van der Waals surface area contributed by atoms with E-state index in [9.17, 15) is 4.79 Å². The van der Waals surface area contributed by atoms with E-state index in [4.69, 9.17) is 4.74 Å². The van der Waals surface area contributed by atoms with Crippen LogP contribution >= 0.6 is 0 Å². The molecule has 0 radical (unpaired) electrons. The van der Waals surface area contributed by atoms with Gasteiger partial charge in [0.15, 0.2) is 0 Å². The molecular weight excluding hydrogens is 232 g/mol. The Balaban J connectivity index is 2.02. The highest BCUT2D eigenvalue weighted by Gasteiger charge is 2.22. The van der Waals surface area contributed by atoms with Gasteiger partial charge in [0.1, 0.15) is 18.2 Å². The van der Waals surface area contributed by atoms with Crippen LogP contribution in [0, 0.1) is 0 Å². The second-order valence-electron chi connectivity index (χ2n) is 4.54. The molecule has 1 aliphatic rings. The van der Waals surface area contributed by atoms with Gasteiger partial charge < -0.3 is 15.4 Å². The first-order valence-electron chi connectivity index (χ1n) is 6.18. The fourth-order valence-electron chi connectivity index (χ4n) is 1.81. The normalized spacial score (nSPS) is 19.5. The molecule has 6 heteroatoms. The molecule has 0 saturated carbocycles. The van der Waals surface area contributed by atoms with Crippen LogP contribution < -0.4 is 15.4 Å². The van der Waals surface area contributed by atoms with Crippen LogP contribution in [0.5, 0.6) is 5.88 Å². The van der Waals surface area contributed by atoms with Crippen LogP contribution in [0.4, 0.5) is 5.82 Å². The van der Waals surface area contributed by atoms with Gasteiger partial charge >= 0.3 is 0 Å². The molecule has 2 N–H and O–H groups in total. The molecule has 1 aromatic heterocycles. The third-order valence-electron chi connectivity index (χ3n) is 2.61. The van der Waals surface area contributed by atoms with Gasteiger partial charge in [0.05, 0.1) is 6.10 Å². The highest BCUT2D eigenvalue weighted by molar-refractivity contribution is 5.84. The van der Waals surface area contributed by atoms with Gasteiger partial charge in [0, 0.05) is 12.6 Å². The Labute approximate surface area is 106 Å². The average molecular weight is 250 g/mol. The second-order valence-corrected chi connectivity index (χ2v) is 4.54. The summed E-state index contributed by atoms with van der Waals surface area (Å²) in [5, 5.41) is 5.92. The second kappa shape index (κ2) is 5.66. The molecule has 2 rings (SSSR count). The highest BCUT2D eigenvalue weighted by Crippen LogP contribution is 2.15. The molecule has 1 aromatic rings. The lowest BCUT2D eigenvalue weighted by Gasteiger charge is -2.23. The summed E-state index contributed by atoms with van der Waals surface area (Å²) >= 11 is 0. The Morgan fingerprint density at radius 2 is 2.33 bits per heavy atom. The molecule has 6 nitrogen and oxygen atoms in total. The van der Waals surface area contributed by atoms with Crippen LogP contribution in [0.2, 0.25) is 0 Å². The summed E-state index contributed by atoms with van der Waals surface area (Å²) in [4.78, 5) is 19.7. The standard InChI is InChI=1S/C12H18N4O2/c1-8(2)18-11-6-10(14-7-15-11)16-9-4-3-5-13-12(9)17/h6-9H,3-5H2,1-2H3,(H,13,17)(H,14,15,16). The van der Waals surface area contributed by atoms with E-state index in [0.717, 1.165) is 19.4 Å². The summed E-state index contributed by atoms with van der Waals surface area (Å²) in [6.07, 6.45) is 3.28. The number of rotatable bonds is 4. The predicted octanol–water partition coefficient (Wildman–Crippen LogP) is 0.954. The van der Waals surface area contributed by atoms with Gasteiger partial charge in [0.2, 0.25) is 11.8 Å². The number of carbonyl (C=O) groups excluding carboxylic acids is 1. The first-order valence-corrected chi connectivity index (χ1v) is 6.18. The Morgan fingerprint density at radius 3 is 3.06 bits per heavy atom. The quantitative estimate of drug-likeness (QED) is 0.832. The van der Waals surface area contributed by atoms with E-state index < -0.39 is 0 Å². The SMILES string of the molecule is CC(C)Oc1cc(NC2CCCNC2=O)ncn1. The Hall–Kier alpha value is -1.85. The van der Waals surface area contributed by atoms with Crippen molar-refractivity contribution in [1.29, 1.82) is 0 Å². The van der Waals surface area contributed by atoms with Crippen molar-refractivity contribution in [3.8, 4) is 5.88 Å². The fraction of sp³-hybridized carbons (Fsp3) is 0.583. The van der Waals surface area contributed by atoms with Crippen molar-refractivity contribution < 1.29 is 9.53 Å². The molecule has 0 aliphatic carbocycles. The Morgan fingerprint density at radius 1 is 1.50 bits per heavy atom. The molecule has 1 saturated heterocycles. The van der Waals surface area contributed by atoms with Gasteiger partial charge in [-0.05, 0) is 26.7 Å². The Bertz CT molecular complexity index is 422. The zero-order valence-corrected chi connectivity index (χ0v) is 10.6. The van der Waals surface area contributed by atoms with Crippen molar-refractivity contribution in [2.75, 3.05) is 11.9 Å². The van der Waals surface area contributed by atoms with Crippen LogP contribution in [0.15, 0.2) is 12.4 Å². The summed E-state index contributed by atoms with van der Waals surface area (Å²) in [5.41, 5.74) is 0. The largest absolute Gasteiger partial charge is 0.475 e. The van der Waals surface area contributed by atoms with Crippen LogP contribution in [0.3, 0.4) is 0 Å². The number of nitrogens with zero attached hydrogens (tertiary/aromatic N) is 2. The van der Waals surface area contributed by atoms with E-state index in [2.05, 4.69) is 20.6 Å². The topological polar surface area (TPSA) is 76.1 Å². The predicted molar refractivity (Wildman–Crippen MR) is 67.5 cm³/mol. The van der Waals surface area contributed by atoms with Crippen molar-refractivity contribution in [3.63, 3.8) is 0 Å². The number of hydrogen-bond acceptors (Lipinski definition) is 5. The number of nitrogens with one attached hydrogen (secondary N) is 2. The fourth-order valence-corrected chi connectivity index (χ4v) is 1.81. The molecule has 1 unspecified atom stereocenters. The summed E-state index contributed by atoms with van der Waals surface area (Å²) in [6.45, 7) is 4.62. The number of carbonyl (C=O) groups is 1. The van der Waals surface area contributed by atoms with E-state index in [1.165, 1.54) is 6.33 Å². The number of ether oxygens (including phenoxy) is 1. The third-order valence-corrected chi connectivity index (χ3v) is 2.61. The molecule has 0 aromatic carbocycles. The van der Waals surface area contributed by atoms with Crippen LogP contribution in [0.1, 0.15) is 26.7 Å². The molecule has 18 heavy (non-hydrogen) atoms. The molecule has 1 atom stereocenters. The van der Waals surface area contributed by atoms with Gasteiger partial charge in [-0.2, -0.15) is 0 Å². The van der Waals surface area contributed by atoms with E-state index in [1.807, 2.05) is 13.8 Å². The van der Waals surface area contributed by atoms with Crippen LogP contribution in [-0.2, 0) is 4.79 Å². The van der Waals surface area contributed by atoms with Crippen molar-refractivity contribution in [3.05, 3.63) is 12.4 Å². The van der Waals surface area contributed by atoms with E-state index >= 15 is 0 Å². The monoisotopic (exact) mass is 250 g/mol. The average Bonchev–Trinajstić information content (AvgIpc) is 2.32.